The van der Waals surface area contributed by atoms with E-state index in [-0.39, 0.29) is 17.0 Å². The number of hydrogen-bond acceptors (Lipinski definition) is 3. The normalized spacial score (nSPS) is 13.6. The Labute approximate surface area is 119 Å². The van der Waals surface area contributed by atoms with Crippen LogP contribution in [0.25, 0.3) is 0 Å². The number of aromatic nitrogens is 2. The molecule has 0 aliphatic carbocycles. The molecule has 0 saturated heterocycles. The molecule has 0 radical (unpaired) electrons. The summed E-state index contributed by atoms with van der Waals surface area (Å²) in [6, 6.07) is 9.30. The van der Waals surface area contributed by atoms with Crippen LogP contribution >= 0.6 is 0 Å². The van der Waals surface area contributed by atoms with Crippen molar-refractivity contribution in [3.63, 3.8) is 0 Å². The predicted molar refractivity (Wildman–Crippen MR) is 77.8 cm³/mol. The van der Waals surface area contributed by atoms with Crippen LogP contribution in [0, 0.1) is 0 Å². The molecule has 1 atom stereocenters. The molecule has 20 heavy (non-hydrogen) atoms. The Kier molecular flexibility index (Phi) is 4.25. The minimum Gasteiger partial charge on any atom is -0.269 e. The number of sulfonamides is 1. The van der Waals surface area contributed by atoms with Crippen LogP contribution < -0.4 is 4.72 Å². The Morgan fingerprint density at radius 2 is 1.80 bits per heavy atom. The molecule has 2 aromatic rings. The highest BCUT2D eigenvalue weighted by Crippen LogP contribution is 2.17. The maximum absolute atomic E-state index is 12.3. The summed E-state index contributed by atoms with van der Waals surface area (Å²) < 4.78 is 28.9. The summed E-state index contributed by atoms with van der Waals surface area (Å²) in [6.45, 7) is 5.71. The van der Waals surface area contributed by atoms with Gasteiger partial charge in [-0.25, -0.2) is 13.1 Å². The lowest BCUT2D eigenvalue weighted by Crippen LogP contribution is -2.26. The van der Waals surface area contributed by atoms with Gasteiger partial charge in [-0.3, -0.25) is 4.68 Å². The second-order valence-electron chi connectivity index (χ2n) is 5.00. The summed E-state index contributed by atoms with van der Waals surface area (Å²) >= 11 is 0. The van der Waals surface area contributed by atoms with Crippen molar-refractivity contribution >= 4 is 10.0 Å². The van der Waals surface area contributed by atoms with Crippen LogP contribution in [0.2, 0.25) is 0 Å². The smallest absolute Gasteiger partial charge is 0.244 e. The molecule has 0 spiro atoms. The van der Waals surface area contributed by atoms with E-state index in [0.717, 1.165) is 5.56 Å². The molecule has 0 aliphatic rings. The molecule has 0 amide bonds. The summed E-state index contributed by atoms with van der Waals surface area (Å²) in [5.74, 6) is 0. The van der Waals surface area contributed by atoms with E-state index < -0.39 is 10.0 Å². The Hall–Kier alpha value is -1.66. The minimum atomic E-state index is -3.55. The van der Waals surface area contributed by atoms with Crippen LogP contribution in [0.5, 0.6) is 0 Å². The SMILES string of the molecule is CC(NS(=O)(=O)c1cnn(C(C)C)c1)c1ccccc1. The zero-order valence-electron chi connectivity index (χ0n) is 11.8. The van der Waals surface area contributed by atoms with Gasteiger partial charge in [-0.05, 0) is 26.3 Å². The van der Waals surface area contributed by atoms with E-state index in [4.69, 9.17) is 0 Å². The maximum Gasteiger partial charge on any atom is 0.244 e. The lowest BCUT2D eigenvalue weighted by Gasteiger charge is -2.13. The van der Waals surface area contributed by atoms with Gasteiger partial charge in [-0.2, -0.15) is 5.10 Å². The third kappa shape index (κ3) is 3.26. The first kappa shape index (κ1) is 14.7. The van der Waals surface area contributed by atoms with Crippen LogP contribution in [-0.4, -0.2) is 18.2 Å². The molecule has 0 aliphatic heterocycles. The van der Waals surface area contributed by atoms with Crippen LogP contribution in [0.3, 0.4) is 0 Å². The quantitative estimate of drug-likeness (QED) is 0.921. The highest BCUT2D eigenvalue weighted by molar-refractivity contribution is 7.89. The van der Waals surface area contributed by atoms with E-state index in [0.29, 0.717) is 0 Å². The average Bonchev–Trinajstić information content (AvgIpc) is 2.90. The molecule has 0 fully saturated rings. The number of nitrogens with one attached hydrogen (secondary N) is 1. The van der Waals surface area contributed by atoms with Gasteiger partial charge in [0.1, 0.15) is 4.90 Å². The van der Waals surface area contributed by atoms with E-state index in [1.807, 2.05) is 51.1 Å². The van der Waals surface area contributed by atoms with Crippen LogP contribution in [0.15, 0.2) is 47.6 Å². The predicted octanol–water partition coefficient (Wildman–Crippen LogP) is 2.50. The molecule has 1 aromatic heterocycles. The zero-order valence-corrected chi connectivity index (χ0v) is 12.6. The molecule has 1 heterocycles. The molecule has 5 nitrogen and oxygen atoms in total. The van der Waals surface area contributed by atoms with Gasteiger partial charge in [-0.15, -0.1) is 0 Å². The molecule has 1 unspecified atom stereocenters. The van der Waals surface area contributed by atoms with Crippen LogP contribution in [-0.2, 0) is 10.0 Å². The number of nitrogens with zero attached hydrogens (tertiary/aromatic N) is 2. The van der Waals surface area contributed by atoms with Crippen molar-refractivity contribution in [3.05, 3.63) is 48.3 Å². The summed E-state index contributed by atoms with van der Waals surface area (Å²) in [4.78, 5) is 0.189. The standard InChI is InChI=1S/C14H19N3O2S/c1-11(2)17-10-14(9-15-17)20(18,19)16-12(3)13-7-5-4-6-8-13/h4-12,16H,1-3H3. The highest BCUT2D eigenvalue weighted by atomic mass is 32.2. The van der Waals surface area contributed by atoms with Gasteiger partial charge in [0.25, 0.3) is 0 Å². The van der Waals surface area contributed by atoms with Crippen molar-refractivity contribution in [2.75, 3.05) is 0 Å². The second kappa shape index (κ2) is 5.76. The Morgan fingerprint density at radius 3 is 2.35 bits per heavy atom. The number of hydrogen-bond donors (Lipinski definition) is 1. The molecule has 2 rings (SSSR count). The molecule has 1 N–H and O–H groups in total. The third-order valence-corrected chi connectivity index (χ3v) is 4.54. The van der Waals surface area contributed by atoms with E-state index in [9.17, 15) is 8.42 Å². The minimum absolute atomic E-state index is 0.130. The molecule has 1 aromatic carbocycles. The molecule has 0 saturated carbocycles. The van der Waals surface area contributed by atoms with Gasteiger partial charge >= 0.3 is 0 Å². The van der Waals surface area contributed by atoms with Gasteiger partial charge in [-0.1, -0.05) is 30.3 Å². The van der Waals surface area contributed by atoms with E-state index in [1.165, 1.54) is 6.20 Å². The van der Waals surface area contributed by atoms with Crippen LogP contribution in [0.4, 0.5) is 0 Å². The van der Waals surface area contributed by atoms with E-state index >= 15 is 0 Å². The summed E-state index contributed by atoms with van der Waals surface area (Å²) in [5, 5.41) is 4.06. The lowest BCUT2D eigenvalue weighted by molar-refractivity contribution is 0.530. The largest absolute Gasteiger partial charge is 0.269 e. The third-order valence-electron chi connectivity index (χ3n) is 3.05. The molecular weight excluding hydrogens is 274 g/mol. The molecule has 108 valence electrons. The molecular formula is C14H19N3O2S. The Balaban J connectivity index is 2.18. The number of benzene rings is 1. The first-order valence-electron chi connectivity index (χ1n) is 6.51. The Morgan fingerprint density at radius 1 is 1.15 bits per heavy atom. The monoisotopic (exact) mass is 293 g/mol. The number of rotatable bonds is 5. The highest BCUT2D eigenvalue weighted by Gasteiger charge is 2.20. The van der Waals surface area contributed by atoms with Crippen molar-refractivity contribution in [2.45, 2.75) is 37.8 Å². The van der Waals surface area contributed by atoms with Crippen molar-refractivity contribution in [1.29, 1.82) is 0 Å². The molecule has 0 bridgehead atoms. The van der Waals surface area contributed by atoms with Crippen molar-refractivity contribution in [2.24, 2.45) is 0 Å². The van der Waals surface area contributed by atoms with E-state index in [2.05, 4.69) is 9.82 Å². The average molecular weight is 293 g/mol. The first-order valence-corrected chi connectivity index (χ1v) is 8.00. The summed E-state index contributed by atoms with van der Waals surface area (Å²) in [5.41, 5.74) is 0.923. The van der Waals surface area contributed by atoms with Gasteiger partial charge in [0.15, 0.2) is 0 Å². The zero-order chi connectivity index (χ0) is 14.8. The first-order chi connectivity index (χ1) is 9.40. The molecule has 6 heteroatoms. The van der Waals surface area contributed by atoms with E-state index in [1.54, 1.807) is 10.9 Å². The topological polar surface area (TPSA) is 64.0 Å². The van der Waals surface area contributed by atoms with Gasteiger partial charge in [0.2, 0.25) is 10.0 Å². The fourth-order valence-corrected chi connectivity index (χ4v) is 3.02. The van der Waals surface area contributed by atoms with Crippen molar-refractivity contribution in [1.82, 2.24) is 14.5 Å². The maximum atomic E-state index is 12.3. The van der Waals surface area contributed by atoms with Crippen molar-refractivity contribution in [3.8, 4) is 0 Å². The van der Waals surface area contributed by atoms with Crippen LogP contribution in [0.1, 0.15) is 38.4 Å². The fourth-order valence-electron chi connectivity index (χ4n) is 1.85. The Bertz CT molecular complexity index is 663. The lowest BCUT2D eigenvalue weighted by atomic mass is 10.1. The van der Waals surface area contributed by atoms with Crippen molar-refractivity contribution < 1.29 is 8.42 Å². The summed E-state index contributed by atoms with van der Waals surface area (Å²) in [7, 11) is -3.55. The van der Waals surface area contributed by atoms with Gasteiger partial charge in [0.05, 0.1) is 6.20 Å². The summed E-state index contributed by atoms with van der Waals surface area (Å²) in [6.07, 6.45) is 2.92. The second-order valence-corrected chi connectivity index (χ2v) is 6.72. The van der Waals surface area contributed by atoms with Gasteiger partial charge < -0.3 is 0 Å². The fraction of sp³-hybridized carbons (Fsp3) is 0.357. The van der Waals surface area contributed by atoms with Gasteiger partial charge in [0, 0.05) is 18.3 Å².